The van der Waals surface area contributed by atoms with E-state index in [2.05, 4.69) is 29.0 Å². The van der Waals surface area contributed by atoms with E-state index in [1.165, 1.54) is 0 Å². The molecule has 0 aliphatic carbocycles. The van der Waals surface area contributed by atoms with Crippen LogP contribution in [0.5, 0.6) is 0 Å². The number of nitrogens with one attached hydrogen (secondary N) is 1. The number of nitrogens with zero attached hydrogens (tertiary/aromatic N) is 2. The van der Waals surface area contributed by atoms with Gasteiger partial charge in [0, 0.05) is 24.7 Å². The van der Waals surface area contributed by atoms with Crippen LogP contribution in [0.4, 0.5) is 0 Å². The van der Waals surface area contributed by atoms with Gasteiger partial charge in [-0.05, 0) is 25.2 Å². The van der Waals surface area contributed by atoms with Crippen LogP contribution in [0.3, 0.4) is 0 Å². The zero-order chi connectivity index (χ0) is 14.4. The number of rotatable bonds is 6. The summed E-state index contributed by atoms with van der Waals surface area (Å²) in [6, 6.07) is 9.53. The Hall–Kier alpha value is -1.94. The largest absolute Gasteiger partial charge is 0.351 e. The van der Waals surface area contributed by atoms with Gasteiger partial charge in [0.2, 0.25) is 0 Å². The lowest BCUT2D eigenvalue weighted by Gasteiger charge is -2.18. The third kappa shape index (κ3) is 3.33. The molecule has 2 aromatic rings. The molecular formula is C16H21N3O. The number of fused-ring (bicyclic) bond motifs is 1. The molecule has 4 heteroatoms. The summed E-state index contributed by atoms with van der Waals surface area (Å²) < 4.78 is 0. The first-order valence-electron chi connectivity index (χ1n) is 7.10. The second-order valence-electron chi connectivity index (χ2n) is 4.66. The summed E-state index contributed by atoms with van der Waals surface area (Å²) in [6.07, 6.45) is 1.72. The topological polar surface area (TPSA) is 45.2 Å². The Balaban J connectivity index is 2.05. The maximum Gasteiger partial charge on any atom is 0.253 e. The van der Waals surface area contributed by atoms with Crippen LogP contribution in [-0.2, 0) is 0 Å². The molecule has 4 nitrogen and oxygen atoms in total. The van der Waals surface area contributed by atoms with Crippen LogP contribution >= 0.6 is 0 Å². The molecule has 1 amide bonds. The van der Waals surface area contributed by atoms with Gasteiger partial charge >= 0.3 is 0 Å². The van der Waals surface area contributed by atoms with E-state index in [4.69, 9.17) is 0 Å². The Morgan fingerprint density at radius 1 is 1.20 bits per heavy atom. The maximum atomic E-state index is 12.2. The number of likely N-dealkylation sites (N-methyl/N-ethyl adjacent to an activating group) is 1. The summed E-state index contributed by atoms with van der Waals surface area (Å²) in [7, 11) is 0. The molecule has 0 unspecified atom stereocenters. The first kappa shape index (κ1) is 14.5. The van der Waals surface area contributed by atoms with E-state index in [-0.39, 0.29) is 5.91 Å². The minimum atomic E-state index is -0.0542. The third-order valence-electron chi connectivity index (χ3n) is 3.49. The van der Waals surface area contributed by atoms with E-state index in [9.17, 15) is 4.79 Å². The summed E-state index contributed by atoms with van der Waals surface area (Å²) in [5.41, 5.74) is 1.40. The molecule has 0 radical (unpaired) electrons. The highest BCUT2D eigenvalue weighted by Gasteiger charge is 2.10. The minimum absolute atomic E-state index is 0.0542. The fourth-order valence-electron chi connectivity index (χ4n) is 2.25. The second-order valence-corrected chi connectivity index (χ2v) is 4.66. The van der Waals surface area contributed by atoms with Crippen molar-refractivity contribution in [1.82, 2.24) is 15.2 Å². The van der Waals surface area contributed by atoms with E-state index in [1.54, 1.807) is 6.20 Å². The van der Waals surface area contributed by atoms with E-state index in [1.807, 2.05) is 30.3 Å². The van der Waals surface area contributed by atoms with E-state index >= 15 is 0 Å². The highest BCUT2D eigenvalue weighted by atomic mass is 16.1. The summed E-state index contributed by atoms with van der Waals surface area (Å²) >= 11 is 0. The zero-order valence-corrected chi connectivity index (χ0v) is 12.1. The molecule has 0 aliphatic heterocycles. The van der Waals surface area contributed by atoms with Crippen molar-refractivity contribution in [3.63, 3.8) is 0 Å². The third-order valence-corrected chi connectivity index (χ3v) is 3.49. The van der Waals surface area contributed by atoms with Gasteiger partial charge in [-0.15, -0.1) is 0 Å². The number of carbonyl (C=O) groups is 1. The normalized spacial score (nSPS) is 10.9. The fraction of sp³-hybridized carbons (Fsp3) is 0.375. The zero-order valence-electron chi connectivity index (χ0n) is 12.1. The molecular weight excluding hydrogens is 250 g/mol. The molecule has 0 bridgehead atoms. The number of para-hydroxylation sites is 1. The fourth-order valence-corrected chi connectivity index (χ4v) is 2.25. The van der Waals surface area contributed by atoms with Crippen molar-refractivity contribution in [2.24, 2.45) is 0 Å². The lowest BCUT2D eigenvalue weighted by Crippen LogP contribution is -2.34. The quantitative estimate of drug-likeness (QED) is 0.877. The monoisotopic (exact) mass is 271 g/mol. The number of benzene rings is 1. The maximum absolute atomic E-state index is 12.2. The van der Waals surface area contributed by atoms with Crippen molar-refractivity contribution >= 4 is 16.8 Å². The predicted octanol–water partition coefficient (Wildman–Crippen LogP) is 2.31. The van der Waals surface area contributed by atoms with Gasteiger partial charge in [0.15, 0.2) is 0 Å². The van der Waals surface area contributed by atoms with Gasteiger partial charge in [-0.1, -0.05) is 32.0 Å². The SMILES string of the molecule is CCN(CC)CCNC(=O)c1cccc2cccnc12. The van der Waals surface area contributed by atoms with E-state index in [0.717, 1.165) is 30.5 Å². The van der Waals surface area contributed by atoms with Crippen LogP contribution in [0.1, 0.15) is 24.2 Å². The van der Waals surface area contributed by atoms with Gasteiger partial charge < -0.3 is 10.2 Å². The average Bonchev–Trinajstić information content (AvgIpc) is 2.51. The van der Waals surface area contributed by atoms with Crippen LogP contribution in [-0.4, -0.2) is 42.0 Å². The molecule has 20 heavy (non-hydrogen) atoms. The summed E-state index contributed by atoms with van der Waals surface area (Å²) in [5.74, 6) is -0.0542. The molecule has 0 saturated heterocycles. The highest BCUT2D eigenvalue weighted by Crippen LogP contribution is 2.15. The Morgan fingerprint density at radius 2 is 1.95 bits per heavy atom. The Bertz CT molecular complexity index is 573. The molecule has 1 N–H and O–H groups in total. The standard InChI is InChI=1S/C16H21N3O/c1-3-19(4-2)12-11-18-16(20)14-9-5-7-13-8-6-10-17-15(13)14/h5-10H,3-4,11-12H2,1-2H3,(H,18,20). The molecule has 0 atom stereocenters. The second kappa shape index (κ2) is 7.01. The Kier molecular flexibility index (Phi) is 5.07. The number of amides is 1. The average molecular weight is 271 g/mol. The smallest absolute Gasteiger partial charge is 0.253 e. The molecule has 0 fully saturated rings. The van der Waals surface area contributed by atoms with Gasteiger partial charge in [0.05, 0.1) is 11.1 Å². The molecule has 1 heterocycles. The van der Waals surface area contributed by atoms with Crippen molar-refractivity contribution in [3.8, 4) is 0 Å². The number of carbonyl (C=O) groups excluding carboxylic acids is 1. The predicted molar refractivity (Wildman–Crippen MR) is 81.9 cm³/mol. The Labute approximate surface area is 119 Å². The summed E-state index contributed by atoms with van der Waals surface area (Å²) in [5, 5.41) is 3.96. The van der Waals surface area contributed by atoms with E-state index in [0.29, 0.717) is 12.1 Å². The number of pyridine rings is 1. The van der Waals surface area contributed by atoms with Gasteiger partial charge in [0.1, 0.15) is 0 Å². The molecule has 0 saturated carbocycles. The van der Waals surface area contributed by atoms with Gasteiger partial charge in [-0.2, -0.15) is 0 Å². The number of aromatic nitrogens is 1. The number of hydrogen-bond acceptors (Lipinski definition) is 3. The van der Waals surface area contributed by atoms with Crippen molar-refractivity contribution in [2.45, 2.75) is 13.8 Å². The van der Waals surface area contributed by atoms with Crippen LogP contribution < -0.4 is 5.32 Å². The first-order valence-corrected chi connectivity index (χ1v) is 7.10. The van der Waals surface area contributed by atoms with Gasteiger partial charge in [0.25, 0.3) is 5.91 Å². The van der Waals surface area contributed by atoms with Gasteiger partial charge in [-0.25, -0.2) is 0 Å². The van der Waals surface area contributed by atoms with Gasteiger partial charge in [-0.3, -0.25) is 9.78 Å². The van der Waals surface area contributed by atoms with Crippen LogP contribution in [0.2, 0.25) is 0 Å². The lowest BCUT2D eigenvalue weighted by atomic mass is 10.1. The lowest BCUT2D eigenvalue weighted by molar-refractivity contribution is 0.0950. The molecule has 1 aromatic carbocycles. The molecule has 0 aliphatic rings. The minimum Gasteiger partial charge on any atom is -0.351 e. The summed E-state index contributed by atoms with van der Waals surface area (Å²) in [4.78, 5) is 18.8. The van der Waals surface area contributed by atoms with Crippen molar-refractivity contribution in [2.75, 3.05) is 26.2 Å². The number of hydrogen-bond donors (Lipinski definition) is 1. The van der Waals surface area contributed by atoms with E-state index < -0.39 is 0 Å². The van der Waals surface area contributed by atoms with Crippen LogP contribution in [0.25, 0.3) is 10.9 Å². The molecule has 2 rings (SSSR count). The molecule has 1 aromatic heterocycles. The van der Waals surface area contributed by atoms with Crippen molar-refractivity contribution in [3.05, 3.63) is 42.1 Å². The summed E-state index contributed by atoms with van der Waals surface area (Å²) in [6.45, 7) is 7.78. The molecule has 0 spiro atoms. The van der Waals surface area contributed by atoms with Crippen molar-refractivity contribution < 1.29 is 4.79 Å². The Morgan fingerprint density at radius 3 is 2.70 bits per heavy atom. The van der Waals surface area contributed by atoms with Crippen LogP contribution in [0, 0.1) is 0 Å². The van der Waals surface area contributed by atoms with Crippen LogP contribution in [0.15, 0.2) is 36.5 Å². The highest BCUT2D eigenvalue weighted by molar-refractivity contribution is 6.05. The molecule has 106 valence electrons. The first-order chi connectivity index (χ1) is 9.76. The van der Waals surface area contributed by atoms with Crippen molar-refractivity contribution in [1.29, 1.82) is 0 Å².